The van der Waals surface area contributed by atoms with Crippen LogP contribution in [0.4, 0.5) is 0 Å². The van der Waals surface area contributed by atoms with Gasteiger partial charge in [-0.25, -0.2) is 4.98 Å². The van der Waals surface area contributed by atoms with Gasteiger partial charge in [0.15, 0.2) is 5.96 Å². The highest BCUT2D eigenvalue weighted by molar-refractivity contribution is 7.11. The topological polar surface area (TPSA) is 78.4 Å². The van der Waals surface area contributed by atoms with Crippen molar-refractivity contribution in [3.8, 4) is 0 Å². The second kappa shape index (κ2) is 8.61. The maximum Gasteiger partial charge on any atom is 0.222 e. The van der Waals surface area contributed by atoms with Crippen molar-refractivity contribution in [2.45, 2.75) is 34.2 Å². The van der Waals surface area contributed by atoms with E-state index in [0.29, 0.717) is 19.6 Å². The van der Waals surface area contributed by atoms with Crippen LogP contribution in [-0.2, 0) is 11.3 Å². The molecule has 7 heteroatoms. The molecule has 0 saturated heterocycles. The first kappa shape index (κ1) is 17.4. The molecule has 21 heavy (non-hydrogen) atoms. The van der Waals surface area contributed by atoms with Crippen LogP contribution in [0.5, 0.6) is 0 Å². The number of aromatic nitrogens is 1. The SMILES string of the molecule is CN=C(NCCNC(=O)C(C)C)NCc1sc(C)nc1C. The van der Waals surface area contributed by atoms with Crippen LogP contribution in [0.15, 0.2) is 4.99 Å². The van der Waals surface area contributed by atoms with Crippen LogP contribution in [-0.4, -0.2) is 37.0 Å². The summed E-state index contributed by atoms with van der Waals surface area (Å²) in [6, 6.07) is 0. The molecule has 0 bridgehead atoms. The summed E-state index contributed by atoms with van der Waals surface area (Å²) in [5, 5.41) is 10.3. The highest BCUT2D eigenvalue weighted by atomic mass is 32.1. The maximum absolute atomic E-state index is 11.4. The maximum atomic E-state index is 11.4. The molecule has 118 valence electrons. The van der Waals surface area contributed by atoms with E-state index in [1.165, 1.54) is 4.88 Å². The smallest absolute Gasteiger partial charge is 0.222 e. The average molecular weight is 311 g/mol. The Hall–Kier alpha value is -1.63. The minimum Gasteiger partial charge on any atom is -0.355 e. The zero-order chi connectivity index (χ0) is 15.8. The number of guanidine groups is 1. The van der Waals surface area contributed by atoms with Crippen molar-refractivity contribution in [1.29, 1.82) is 0 Å². The second-order valence-corrected chi connectivity index (χ2v) is 6.33. The van der Waals surface area contributed by atoms with Gasteiger partial charge in [-0.1, -0.05) is 13.8 Å². The van der Waals surface area contributed by atoms with Crippen LogP contribution in [0.3, 0.4) is 0 Å². The number of hydrogen-bond donors (Lipinski definition) is 3. The number of aliphatic imine (C=N–C) groups is 1. The van der Waals surface area contributed by atoms with E-state index in [0.717, 1.165) is 16.7 Å². The van der Waals surface area contributed by atoms with Gasteiger partial charge in [0.25, 0.3) is 0 Å². The largest absolute Gasteiger partial charge is 0.355 e. The lowest BCUT2D eigenvalue weighted by molar-refractivity contribution is -0.123. The second-order valence-electron chi connectivity index (χ2n) is 5.04. The van der Waals surface area contributed by atoms with Crippen LogP contribution in [0.1, 0.15) is 29.4 Å². The molecule has 0 spiro atoms. The minimum absolute atomic E-state index is 0.0139. The van der Waals surface area contributed by atoms with Gasteiger partial charge in [0.05, 0.1) is 17.2 Å². The van der Waals surface area contributed by atoms with Crippen LogP contribution in [0, 0.1) is 19.8 Å². The van der Waals surface area contributed by atoms with E-state index in [4.69, 9.17) is 0 Å². The number of rotatable bonds is 6. The van der Waals surface area contributed by atoms with Crippen LogP contribution in [0.25, 0.3) is 0 Å². The van der Waals surface area contributed by atoms with Crippen molar-refractivity contribution in [3.63, 3.8) is 0 Å². The first-order chi connectivity index (χ1) is 9.93. The normalized spacial score (nSPS) is 11.6. The first-order valence-electron chi connectivity index (χ1n) is 7.09. The van der Waals surface area contributed by atoms with Gasteiger partial charge < -0.3 is 16.0 Å². The molecule has 1 aromatic heterocycles. The molecule has 0 aliphatic rings. The summed E-state index contributed by atoms with van der Waals surface area (Å²) >= 11 is 1.69. The number of thiazole rings is 1. The highest BCUT2D eigenvalue weighted by Crippen LogP contribution is 2.16. The van der Waals surface area contributed by atoms with Crippen molar-refractivity contribution >= 4 is 23.2 Å². The van der Waals surface area contributed by atoms with E-state index < -0.39 is 0 Å². The molecule has 0 fully saturated rings. The fourth-order valence-electron chi connectivity index (χ4n) is 1.69. The van der Waals surface area contributed by atoms with E-state index in [9.17, 15) is 4.79 Å². The Morgan fingerprint density at radius 3 is 2.43 bits per heavy atom. The Morgan fingerprint density at radius 2 is 1.90 bits per heavy atom. The van der Waals surface area contributed by atoms with Crippen LogP contribution >= 0.6 is 11.3 Å². The molecular formula is C14H25N5OS. The summed E-state index contributed by atoms with van der Waals surface area (Å²) in [4.78, 5) is 21.2. The molecule has 1 heterocycles. The van der Waals surface area contributed by atoms with Gasteiger partial charge in [-0.15, -0.1) is 11.3 Å². The van der Waals surface area contributed by atoms with E-state index in [2.05, 4.69) is 25.9 Å². The summed E-state index contributed by atoms with van der Waals surface area (Å²) in [7, 11) is 1.73. The van der Waals surface area contributed by atoms with E-state index in [1.807, 2.05) is 27.7 Å². The highest BCUT2D eigenvalue weighted by Gasteiger charge is 2.07. The van der Waals surface area contributed by atoms with Crippen molar-refractivity contribution in [3.05, 3.63) is 15.6 Å². The quantitative estimate of drug-likeness (QED) is 0.419. The Kier molecular flexibility index (Phi) is 7.14. The summed E-state index contributed by atoms with van der Waals surface area (Å²) in [6.45, 7) is 9.69. The lowest BCUT2D eigenvalue weighted by Gasteiger charge is -2.12. The first-order valence-corrected chi connectivity index (χ1v) is 7.90. The third-order valence-electron chi connectivity index (χ3n) is 2.88. The fraction of sp³-hybridized carbons (Fsp3) is 0.643. The third-order valence-corrected chi connectivity index (χ3v) is 3.95. The zero-order valence-electron chi connectivity index (χ0n) is 13.4. The molecular weight excluding hydrogens is 286 g/mol. The van der Waals surface area contributed by atoms with Gasteiger partial charge in [-0.2, -0.15) is 0 Å². The Bertz CT molecular complexity index is 496. The Morgan fingerprint density at radius 1 is 1.24 bits per heavy atom. The Labute approximate surface area is 130 Å². The molecule has 3 N–H and O–H groups in total. The molecule has 1 rings (SSSR count). The number of carbonyl (C=O) groups is 1. The van der Waals surface area contributed by atoms with Gasteiger partial charge in [-0.3, -0.25) is 9.79 Å². The summed E-state index contributed by atoms with van der Waals surface area (Å²) in [6.07, 6.45) is 0. The molecule has 0 aliphatic heterocycles. The molecule has 6 nitrogen and oxygen atoms in total. The van der Waals surface area contributed by atoms with Gasteiger partial charge in [0, 0.05) is 30.9 Å². The minimum atomic E-state index is 0.0139. The predicted molar refractivity (Wildman–Crippen MR) is 87.6 cm³/mol. The lowest BCUT2D eigenvalue weighted by Crippen LogP contribution is -2.41. The van der Waals surface area contributed by atoms with Crippen LogP contribution < -0.4 is 16.0 Å². The molecule has 0 unspecified atom stereocenters. The van der Waals surface area contributed by atoms with Crippen LogP contribution in [0.2, 0.25) is 0 Å². The van der Waals surface area contributed by atoms with Crippen molar-refractivity contribution in [2.24, 2.45) is 10.9 Å². The van der Waals surface area contributed by atoms with Gasteiger partial charge in [-0.05, 0) is 13.8 Å². The number of aryl methyl sites for hydroxylation is 2. The van der Waals surface area contributed by atoms with Gasteiger partial charge >= 0.3 is 0 Å². The number of hydrogen-bond acceptors (Lipinski definition) is 4. The molecule has 1 aromatic rings. The molecule has 1 amide bonds. The number of nitrogens with zero attached hydrogens (tertiary/aromatic N) is 2. The molecule has 0 atom stereocenters. The molecule has 0 radical (unpaired) electrons. The monoisotopic (exact) mass is 311 g/mol. The summed E-state index contributed by atoms with van der Waals surface area (Å²) in [5.41, 5.74) is 1.06. The molecule has 0 aliphatic carbocycles. The average Bonchev–Trinajstić information content (AvgIpc) is 2.75. The predicted octanol–water partition coefficient (Wildman–Crippen LogP) is 1.20. The third kappa shape index (κ3) is 6.12. The molecule has 0 aromatic carbocycles. The fourth-order valence-corrected chi connectivity index (χ4v) is 2.57. The van der Waals surface area contributed by atoms with Gasteiger partial charge in [0.1, 0.15) is 0 Å². The van der Waals surface area contributed by atoms with E-state index in [-0.39, 0.29) is 11.8 Å². The number of carbonyl (C=O) groups excluding carboxylic acids is 1. The zero-order valence-corrected chi connectivity index (χ0v) is 14.2. The lowest BCUT2D eigenvalue weighted by atomic mass is 10.2. The number of amides is 1. The standard InChI is InChI=1S/C14H25N5OS/c1-9(2)13(20)16-6-7-17-14(15-5)18-8-12-10(3)19-11(4)21-12/h9H,6-8H2,1-5H3,(H,16,20)(H2,15,17,18). The summed E-state index contributed by atoms with van der Waals surface area (Å²) in [5.74, 6) is 0.801. The number of nitrogens with one attached hydrogen (secondary N) is 3. The van der Waals surface area contributed by atoms with Gasteiger partial charge in [0.2, 0.25) is 5.91 Å². The Balaban J connectivity index is 2.30. The van der Waals surface area contributed by atoms with Crippen molar-refractivity contribution in [2.75, 3.05) is 20.1 Å². The van der Waals surface area contributed by atoms with E-state index >= 15 is 0 Å². The van der Waals surface area contributed by atoms with Crippen molar-refractivity contribution < 1.29 is 4.79 Å². The summed E-state index contributed by atoms with van der Waals surface area (Å²) < 4.78 is 0. The van der Waals surface area contributed by atoms with Crippen molar-refractivity contribution in [1.82, 2.24) is 20.9 Å². The molecule has 0 saturated carbocycles. The van der Waals surface area contributed by atoms with E-state index in [1.54, 1.807) is 18.4 Å².